The van der Waals surface area contributed by atoms with Gasteiger partial charge in [-0.05, 0) is 71.8 Å². The maximum atomic E-state index is 14.2. The van der Waals surface area contributed by atoms with E-state index in [0.717, 1.165) is 5.56 Å². The molecule has 1 heterocycles. The average molecular weight is 605 g/mol. The molecule has 11 heteroatoms. The molecule has 0 aliphatic carbocycles. The fourth-order valence-corrected chi connectivity index (χ4v) is 5.59. The highest BCUT2D eigenvalue weighted by molar-refractivity contribution is 5.90. The molecule has 0 amide bonds. The predicted octanol–water partition coefficient (Wildman–Crippen LogP) is 6.80. The van der Waals surface area contributed by atoms with Crippen molar-refractivity contribution in [2.24, 2.45) is 22.2 Å². The Bertz CT molecular complexity index is 1110. The van der Waals surface area contributed by atoms with E-state index in [1.807, 2.05) is 6.07 Å². The molecule has 42 heavy (non-hydrogen) atoms. The second-order valence-electron chi connectivity index (χ2n) is 13.1. The summed E-state index contributed by atoms with van der Waals surface area (Å²) in [5, 5.41) is 9.43. The smallest absolute Gasteiger partial charge is 0.448 e. The molecule has 0 radical (unpaired) electrons. The summed E-state index contributed by atoms with van der Waals surface area (Å²) in [6.07, 6.45) is -8.86. The number of cyclic esters (lactones) is 1. The summed E-state index contributed by atoms with van der Waals surface area (Å²) in [5.74, 6) is -7.23. The summed E-state index contributed by atoms with van der Waals surface area (Å²) in [4.78, 5) is 40.8. The first-order valence-corrected chi connectivity index (χ1v) is 14.2. The maximum Gasteiger partial charge on any atom is 0.448 e. The van der Waals surface area contributed by atoms with Crippen LogP contribution in [-0.4, -0.2) is 47.8 Å². The Kier molecular flexibility index (Phi) is 10.6. The van der Waals surface area contributed by atoms with E-state index in [2.05, 4.69) is 0 Å². The van der Waals surface area contributed by atoms with Gasteiger partial charge in [0.15, 0.2) is 0 Å². The van der Waals surface area contributed by atoms with Gasteiger partial charge in [0.25, 0.3) is 0 Å². The van der Waals surface area contributed by atoms with Crippen LogP contribution in [0.15, 0.2) is 30.3 Å². The van der Waals surface area contributed by atoms with E-state index in [1.165, 1.54) is 13.8 Å². The van der Waals surface area contributed by atoms with Crippen LogP contribution in [0, 0.1) is 22.2 Å². The fourth-order valence-electron chi connectivity index (χ4n) is 5.59. The van der Waals surface area contributed by atoms with Crippen molar-refractivity contribution in [2.75, 3.05) is 6.61 Å². The molecular weight excluding hydrogens is 560 g/mol. The van der Waals surface area contributed by atoms with E-state index in [1.54, 1.807) is 65.8 Å². The van der Waals surface area contributed by atoms with Crippen LogP contribution in [0.4, 0.5) is 17.6 Å². The van der Waals surface area contributed by atoms with E-state index < -0.39 is 64.3 Å². The monoisotopic (exact) mass is 604 g/mol. The van der Waals surface area contributed by atoms with Crippen LogP contribution in [0.1, 0.15) is 93.1 Å². The predicted molar refractivity (Wildman–Crippen MR) is 146 cm³/mol. The quantitative estimate of drug-likeness (QED) is 0.150. The Labute approximate surface area is 245 Å². The van der Waals surface area contributed by atoms with Crippen molar-refractivity contribution in [2.45, 2.75) is 111 Å². The Morgan fingerprint density at radius 1 is 1.02 bits per heavy atom. The summed E-state index contributed by atoms with van der Waals surface area (Å²) >= 11 is 0. The van der Waals surface area contributed by atoms with Crippen LogP contribution in [-0.2, 0) is 34.2 Å². The second kappa shape index (κ2) is 12.5. The lowest BCUT2D eigenvalue weighted by atomic mass is 9.56. The lowest BCUT2D eigenvalue weighted by Gasteiger charge is -2.45. The molecule has 0 spiro atoms. The number of esters is 3. The molecule has 0 saturated carbocycles. The Balaban J connectivity index is 2.41. The van der Waals surface area contributed by atoms with Gasteiger partial charge in [-0.2, -0.15) is 13.2 Å². The number of carbonyl (C=O) groups excluding carboxylic acids is 3. The zero-order valence-corrected chi connectivity index (χ0v) is 25.7. The number of hydrogen-bond acceptors (Lipinski definition) is 7. The van der Waals surface area contributed by atoms with Gasteiger partial charge in [0.05, 0.1) is 29.3 Å². The van der Waals surface area contributed by atoms with Gasteiger partial charge in [0.1, 0.15) is 11.7 Å². The van der Waals surface area contributed by atoms with Crippen molar-refractivity contribution in [1.29, 1.82) is 0 Å². The average Bonchev–Trinajstić information content (AvgIpc) is 3.22. The van der Waals surface area contributed by atoms with Crippen molar-refractivity contribution in [3.05, 3.63) is 35.9 Å². The lowest BCUT2D eigenvalue weighted by Crippen LogP contribution is -2.53. The molecular formula is C31H44F4O7. The standard InChI is InChI=1S/C31H44F4O7/c1-9-28(8,24(37)42-27(6,7)21-13-11-10-12-14-21)29(15-16-40-25(29)38)19-26(4,5)23(36)41-22(17-20(2)3)18-30(32,39)31(33,34)35/h10-14,20,22,39H,9,15-19H2,1-8H3. The van der Waals surface area contributed by atoms with E-state index >= 15 is 0 Å². The molecule has 1 N–H and O–H groups in total. The third kappa shape index (κ3) is 7.44. The minimum Gasteiger partial charge on any atom is -0.465 e. The van der Waals surface area contributed by atoms with Gasteiger partial charge >= 0.3 is 29.9 Å². The first kappa shape index (κ1) is 35.5. The number of ether oxygens (including phenoxy) is 3. The van der Waals surface area contributed by atoms with Gasteiger partial charge in [-0.15, -0.1) is 0 Å². The minimum absolute atomic E-state index is 0.00858. The summed E-state index contributed by atoms with van der Waals surface area (Å²) in [6.45, 7) is 12.9. The number of aliphatic hydroxyl groups is 1. The largest absolute Gasteiger partial charge is 0.465 e. The fraction of sp³-hybridized carbons (Fsp3) is 0.710. The number of alkyl halides is 4. The zero-order valence-electron chi connectivity index (χ0n) is 25.7. The minimum atomic E-state index is -5.58. The third-order valence-electron chi connectivity index (χ3n) is 8.42. The van der Waals surface area contributed by atoms with Crippen molar-refractivity contribution in [3.8, 4) is 0 Å². The Morgan fingerprint density at radius 3 is 2.05 bits per heavy atom. The van der Waals surface area contributed by atoms with Crippen LogP contribution in [0.2, 0.25) is 0 Å². The third-order valence-corrected chi connectivity index (χ3v) is 8.42. The molecule has 1 aromatic rings. The molecule has 238 valence electrons. The lowest BCUT2D eigenvalue weighted by molar-refractivity contribution is -0.323. The van der Waals surface area contributed by atoms with Crippen molar-refractivity contribution < 1.29 is 51.3 Å². The van der Waals surface area contributed by atoms with Crippen LogP contribution in [0.5, 0.6) is 0 Å². The Hall–Kier alpha value is -2.69. The number of carbonyl (C=O) groups is 3. The Morgan fingerprint density at radius 2 is 1.60 bits per heavy atom. The highest BCUT2D eigenvalue weighted by Crippen LogP contribution is 2.56. The summed E-state index contributed by atoms with van der Waals surface area (Å²) in [5.41, 5.74) is -4.85. The van der Waals surface area contributed by atoms with Crippen LogP contribution < -0.4 is 0 Å². The van der Waals surface area contributed by atoms with Crippen LogP contribution in [0.3, 0.4) is 0 Å². The molecule has 4 atom stereocenters. The summed E-state index contributed by atoms with van der Waals surface area (Å²) in [6, 6.07) is 9.04. The molecule has 1 fully saturated rings. The zero-order chi connectivity index (χ0) is 32.4. The van der Waals surface area contributed by atoms with Crippen LogP contribution in [0.25, 0.3) is 0 Å². The van der Waals surface area contributed by atoms with Crippen molar-refractivity contribution in [3.63, 3.8) is 0 Å². The topological polar surface area (TPSA) is 99.1 Å². The summed E-state index contributed by atoms with van der Waals surface area (Å²) < 4.78 is 70.1. The van der Waals surface area contributed by atoms with E-state index in [9.17, 15) is 37.1 Å². The van der Waals surface area contributed by atoms with E-state index in [-0.39, 0.29) is 38.2 Å². The van der Waals surface area contributed by atoms with E-state index in [4.69, 9.17) is 14.2 Å². The molecule has 2 rings (SSSR count). The molecule has 7 nitrogen and oxygen atoms in total. The molecule has 1 saturated heterocycles. The van der Waals surface area contributed by atoms with Crippen LogP contribution >= 0.6 is 0 Å². The highest BCUT2D eigenvalue weighted by Gasteiger charge is 2.64. The maximum absolute atomic E-state index is 14.2. The molecule has 0 aromatic heterocycles. The van der Waals surface area contributed by atoms with Crippen molar-refractivity contribution >= 4 is 17.9 Å². The van der Waals surface area contributed by atoms with Gasteiger partial charge < -0.3 is 19.3 Å². The first-order valence-electron chi connectivity index (χ1n) is 14.2. The number of benzene rings is 1. The highest BCUT2D eigenvalue weighted by atomic mass is 19.4. The normalized spacial score (nSPS) is 21.7. The molecule has 1 aromatic carbocycles. The van der Waals surface area contributed by atoms with Gasteiger partial charge in [-0.25, -0.2) is 4.39 Å². The van der Waals surface area contributed by atoms with Gasteiger partial charge in [-0.1, -0.05) is 51.1 Å². The number of rotatable bonds is 13. The van der Waals surface area contributed by atoms with Gasteiger partial charge in [0.2, 0.25) is 0 Å². The first-order chi connectivity index (χ1) is 19.0. The number of hydrogen-bond donors (Lipinski definition) is 1. The number of halogens is 4. The SMILES string of the molecule is CCC(C)(C(=O)OC(C)(C)c1ccccc1)C1(CC(C)(C)C(=O)OC(CC(C)C)CC(O)(F)C(F)(F)F)CCOC1=O. The molecule has 4 unspecified atom stereocenters. The summed E-state index contributed by atoms with van der Waals surface area (Å²) in [7, 11) is 0. The van der Waals surface area contributed by atoms with Gasteiger partial charge in [-0.3, -0.25) is 14.4 Å². The molecule has 0 bridgehead atoms. The molecule has 1 aliphatic rings. The second-order valence-corrected chi connectivity index (χ2v) is 13.1. The van der Waals surface area contributed by atoms with E-state index in [0.29, 0.717) is 0 Å². The van der Waals surface area contributed by atoms with Gasteiger partial charge in [0, 0.05) is 0 Å². The van der Waals surface area contributed by atoms with Crippen molar-refractivity contribution in [1.82, 2.24) is 0 Å². The molecule has 1 aliphatic heterocycles.